The van der Waals surface area contributed by atoms with Crippen LogP contribution in [0, 0.1) is 13.8 Å². The fraction of sp³-hybridized carbons (Fsp3) is 0.348. The molecule has 1 fully saturated rings. The van der Waals surface area contributed by atoms with Gasteiger partial charge >= 0.3 is 5.63 Å². The first-order chi connectivity index (χ1) is 13.5. The van der Waals surface area contributed by atoms with Crippen molar-refractivity contribution in [3.63, 3.8) is 0 Å². The van der Waals surface area contributed by atoms with Gasteiger partial charge in [0, 0.05) is 22.7 Å². The number of aryl methyl sites for hydroxylation is 2. The number of rotatable bonds is 4. The Kier molecular flexibility index (Phi) is 5.09. The lowest BCUT2D eigenvalue weighted by molar-refractivity contribution is -0.914. The average molecular weight is 379 g/mol. The molecule has 3 aromatic rings. The maximum Gasteiger partial charge on any atom is 0.336 e. The van der Waals surface area contributed by atoms with E-state index in [1.807, 2.05) is 26.0 Å². The molecule has 5 nitrogen and oxygen atoms in total. The second-order valence-electron chi connectivity index (χ2n) is 7.59. The third-order valence-corrected chi connectivity index (χ3v) is 5.87. The first-order valence-electron chi connectivity index (χ1n) is 9.80. The lowest BCUT2D eigenvalue weighted by Crippen LogP contribution is -3.13. The van der Waals surface area contributed by atoms with Crippen molar-refractivity contribution in [1.29, 1.82) is 0 Å². The monoisotopic (exact) mass is 379 g/mol. The fourth-order valence-corrected chi connectivity index (χ4v) is 3.99. The molecule has 2 heterocycles. The van der Waals surface area contributed by atoms with Crippen LogP contribution < -0.4 is 20.2 Å². The Hall–Kier alpha value is -2.79. The van der Waals surface area contributed by atoms with Crippen LogP contribution in [0.2, 0.25) is 0 Å². The molecule has 1 N–H and O–H groups in total. The predicted molar refractivity (Wildman–Crippen MR) is 112 cm³/mol. The molecule has 146 valence electrons. The number of ether oxygens (including phenoxy) is 1. The highest BCUT2D eigenvalue weighted by Gasteiger charge is 2.22. The van der Waals surface area contributed by atoms with Crippen LogP contribution in [0.3, 0.4) is 0 Å². The van der Waals surface area contributed by atoms with E-state index in [-0.39, 0.29) is 5.63 Å². The molecule has 0 spiro atoms. The van der Waals surface area contributed by atoms with Crippen LogP contribution in [-0.2, 0) is 6.54 Å². The highest BCUT2D eigenvalue weighted by atomic mass is 16.5. The van der Waals surface area contributed by atoms with Gasteiger partial charge in [-0.1, -0.05) is 12.1 Å². The van der Waals surface area contributed by atoms with E-state index < -0.39 is 0 Å². The summed E-state index contributed by atoms with van der Waals surface area (Å²) in [6.45, 7) is 8.99. The quantitative estimate of drug-likeness (QED) is 0.707. The molecular formula is C23H27N2O3+. The van der Waals surface area contributed by atoms with E-state index in [0.717, 1.165) is 66.1 Å². The number of hydrogen-bond acceptors (Lipinski definition) is 4. The largest absolute Gasteiger partial charge is 0.497 e. The summed E-state index contributed by atoms with van der Waals surface area (Å²) in [7, 11) is 1.69. The predicted octanol–water partition coefficient (Wildman–Crippen LogP) is 2.32. The minimum atomic E-state index is -0.257. The van der Waals surface area contributed by atoms with Crippen LogP contribution in [0.25, 0.3) is 11.0 Å². The maximum absolute atomic E-state index is 12.1. The van der Waals surface area contributed by atoms with Crippen molar-refractivity contribution < 1.29 is 14.1 Å². The molecule has 0 bridgehead atoms. The molecule has 1 aliphatic heterocycles. The van der Waals surface area contributed by atoms with E-state index in [1.54, 1.807) is 13.2 Å². The van der Waals surface area contributed by atoms with Gasteiger partial charge in [0.1, 0.15) is 17.9 Å². The Morgan fingerprint density at radius 3 is 2.46 bits per heavy atom. The van der Waals surface area contributed by atoms with E-state index in [0.29, 0.717) is 0 Å². The van der Waals surface area contributed by atoms with Crippen molar-refractivity contribution in [1.82, 2.24) is 0 Å². The molecule has 0 saturated carbocycles. The molecule has 0 radical (unpaired) electrons. The standard InChI is InChI=1S/C23H26N2O3/c1-16-4-9-21-18(14-22(26)28-23(21)17(16)2)15-24-10-12-25(13-11-24)19-5-7-20(27-3)8-6-19/h4-9,14H,10-13,15H2,1-3H3/p+1. The minimum Gasteiger partial charge on any atom is -0.497 e. The maximum atomic E-state index is 12.1. The summed E-state index contributed by atoms with van der Waals surface area (Å²) in [6.07, 6.45) is 0. The number of methoxy groups -OCH3 is 1. The van der Waals surface area contributed by atoms with Crippen molar-refractivity contribution in [3.8, 4) is 5.75 Å². The number of anilines is 1. The lowest BCUT2D eigenvalue weighted by Gasteiger charge is -2.33. The molecule has 2 aromatic carbocycles. The summed E-state index contributed by atoms with van der Waals surface area (Å²) in [4.78, 5) is 16.0. The zero-order chi connectivity index (χ0) is 19.7. The Morgan fingerprint density at radius 1 is 1.07 bits per heavy atom. The molecule has 0 aliphatic carbocycles. The number of hydrogen-bond donors (Lipinski definition) is 1. The van der Waals surface area contributed by atoms with Crippen molar-refractivity contribution in [3.05, 3.63) is 69.6 Å². The summed E-state index contributed by atoms with van der Waals surface area (Å²) in [5, 5.41) is 1.06. The number of nitrogens with one attached hydrogen (secondary N) is 1. The third kappa shape index (κ3) is 3.62. The number of benzene rings is 2. The zero-order valence-corrected chi connectivity index (χ0v) is 16.7. The molecule has 1 aliphatic rings. The van der Waals surface area contributed by atoms with Crippen LogP contribution >= 0.6 is 0 Å². The minimum absolute atomic E-state index is 0.257. The Morgan fingerprint density at radius 2 is 1.79 bits per heavy atom. The van der Waals surface area contributed by atoms with Crippen LogP contribution in [0.15, 0.2) is 51.7 Å². The molecular weight excluding hydrogens is 352 g/mol. The van der Waals surface area contributed by atoms with Crippen molar-refractivity contribution >= 4 is 16.7 Å². The van der Waals surface area contributed by atoms with Gasteiger partial charge in [-0.25, -0.2) is 4.79 Å². The van der Waals surface area contributed by atoms with Gasteiger partial charge in [0.2, 0.25) is 0 Å². The van der Waals surface area contributed by atoms with Crippen LogP contribution in [0.5, 0.6) is 5.75 Å². The highest BCUT2D eigenvalue weighted by Crippen LogP contribution is 2.23. The molecule has 1 saturated heterocycles. The Labute approximate surface area is 165 Å². The normalized spacial score (nSPS) is 15.2. The van der Waals surface area contributed by atoms with E-state index in [4.69, 9.17) is 9.15 Å². The van der Waals surface area contributed by atoms with E-state index in [2.05, 4.69) is 29.2 Å². The van der Waals surface area contributed by atoms with Gasteiger partial charge in [0.25, 0.3) is 0 Å². The molecule has 1 aromatic heterocycles. The second kappa shape index (κ2) is 7.68. The highest BCUT2D eigenvalue weighted by molar-refractivity contribution is 5.83. The summed E-state index contributed by atoms with van der Waals surface area (Å²) in [5.74, 6) is 0.883. The van der Waals surface area contributed by atoms with Crippen LogP contribution in [0.4, 0.5) is 5.69 Å². The topological polar surface area (TPSA) is 47.1 Å². The summed E-state index contributed by atoms with van der Waals surface area (Å²) in [6, 6.07) is 14.1. The molecule has 0 unspecified atom stereocenters. The number of nitrogens with zero attached hydrogens (tertiary/aromatic N) is 1. The fourth-order valence-electron chi connectivity index (χ4n) is 3.99. The number of fused-ring (bicyclic) bond motifs is 1. The van der Waals surface area contributed by atoms with E-state index >= 15 is 0 Å². The number of quaternary nitrogens is 1. The SMILES string of the molecule is COc1ccc(N2CC[NH+](Cc3cc(=O)oc4c(C)c(C)ccc34)CC2)cc1. The van der Waals surface area contributed by atoms with E-state index in [9.17, 15) is 4.79 Å². The summed E-state index contributed by atoms with van der Waals surface area (Å²) in [5.41, 5.74) is 4.99. The lowest BCUT2D eigenvalue weighted by atomic mass is 10.0. The first kappa shape index (κ1) is 18.6. The van der Waals surface area contributed by atoms with Gasteiger partial charge in [0.05, 0.1) is 33.3 Å². The average Bonchev–Trinajstić information content (AvgIpc) is 2.72. The van der Waals surface area contributed by atoms with Crippen LogP contribution in [0.1, 0.15) is 16.7 Å². The van der Waals surface area contributed by atoms with Crippen LogP contribution in [-0.4, -0.2) is 33.3 Å². The van der Waals surface area contributed by atoms with Gasteiger partial charge in [0.15, 0.2) is 0 Å². The first-order valence-corrected chi connectivity index (χ1v) is 9.80. The van der Waals surface area contributed by atoms with Gasteiger partial charge in [-0.05, 0) is 49.2 Å². The molecule has 4 rings (SSSR count). The van der Waals surface area contributed by atoms with E-state index in [1.165, 1.54) is 10.6 Å². The van der Waals surface area contributed by atoms with Crippen molar-refractivity contribution in [2.75, 3.05) is 38.2 Å². The van der Waals surface area contributed by atoms with Gasteiger partial charge < -0.3 is 19.0 Å². The van der Waals surface area contributed by atoms with Crippen molar-refractivity contribution in [2.45, 2.75) is 20.4 Å². The van der Waals surface area contributed by atoms with Gasteiger partial charge in [-0.3, -0.25) is 0 Å². The van der Waals surface area contributed by atoms with Crippen molar-refractivity contribution in [2.24, 2.45) is 0 Å². The second-order valence-corrected chi connectivity index (χ2v) is 7.59. The summed E-state index contributed by atoms with van der Waals surface area (Å²) >= 11 is 0. The van der Waals surface area contributed by atoms with Gasteiger partial charge in [-0.2, -0.15) is 0 Å². The third-order valence-electron chi connectivity index (χ3n) is 5.87. The Balaban J connectivity index is 1.49. The molecule has 0 amide bonds. The zero-order valence-electron chi connectivity index (χ0n) is 16.7. The Bertz CT molecular complexity index is 1030. The molecule has 28 heavy (non-hydrogen) atoms. The summed E-state index contributed by atoms with van der Waals surface area (Å²) < 4.78 is 10.8. The number of piperazine rings is 1. The smallest absolute Gasteiger partial charge is 0.336 e. The van der Waals surface area contributed by atoms with Gasteiger partial charge in [-0.15, -0.1) is 0 Å². The molecule has 5 heteroatoms. The molecule has 0 atom stereocenters.